The van der Waals surface area contributed by atoms with Gasteiger partial charge in [-0.1, -0.05) is 23.7 Å². The first kappa shape index (κ1) is 12.6. The topological polar surface area (TPSA) is 63.8 Å². The van der Waals surface area contributed by atoms with Gasteiger partial charge in [0.1, 0.15) is 5.82 Å². The van der Waals surface area contributed by atoms with Gasteiger partial charge in [-0.25, -0.2) is 14.4 Å². The molecule has 0 unspecified atom stereocenters. The Morgan fingerprint density at radius 3 is 2.45 bits per heavy atom. The summed E-state index contributed by atoms with van der Waals surface area (Å²) < 4.78 is 13.3. The van der Waals surface area contributed by atoms with E-state index in [1.807, 2.05) is 24.3 Å². The molecule has 3 rings (SSSR count). The van der Waals surface area contributed by atoms with Crippen LogP contribution < -0.4 is 11.1 Å². The molecule has 0 saturated heterocycles. The molecule has 3 N–H and O–H groups in total. The molecular formula is C14H10ClFN4. The number of fused-ring (bicyclic) bond motifs is 1. The van der Waals surface area contributed by atoms with Crippen molar-refractivity contribution < 1.29 is 4.39 Å². The number of anilines is 3. The van der Waals surface area contributed by atoms with Gasteiger partial charge in [-0.05, 0) is 30.3 Å². The van der Waals surface area contributed by atoms with Crippen LogP contribution in [0.4, 0.5) is 21.7 Å². The van der Waals surface area contributed by atoms with E-state index in [4.69, 9.17) is 17.3 Å². The summed E-state index contributed by atoms with van der Waals surface area (Å²) in [5, 5.41) is 3.21. The molecule has 1 aromatic heterocycles. The summed E-state index contributed by atoms with van der Waals surface area (Å²) >= 11 is 5.80. The monoisotopic (exact) mass is 288 g/mol. The largest absolute Gasteiger partial charge is 0.381 e. The molecule has 0 spiro atoms. The molecule has 6 heteroatoms. The van der Waals surface area contributed by atoms with E-state index in [9.17, 15) is 4.39 Å². The molecule has 0 amide bonds. The Morgan fingerprint density at radius 2 is 1.75 bits per heavy atom. The van der Waals surface area contributed by atoms with Crippen LogP contribution in [0.15, 0.2) is 42.5 Å². The van der Waals surface area contributed by atoms with Crippen molar-refractivity contribution in [3.8, 4) is 0 Å². The van der Waals surface area contributed by atoms with Crippen LogP contribution in [-0.2, 0) is 0 Å². The van der Waals surface area contributed by atoms with Crippen molar-refractivity contribution in [2.75, 3.05) is 11.1 Å². The average molecular weight is 289 g/mol. The van der Waals surface area contributed by atoms with Crippen molar-refractivity contribution in [2.45, 2.75) is 0 Å². The fraction of sp³-hybridized carbons (Fsp3) is 0. The smallest absolute Gasteiger partial charge is 0.174 e. The van der Waals surface area contributed by atoms with Crippen molar-refractivity contribution in [2.24, 2.45) is 0 Å². The van der Waals surface area contributed by atoms with E-state index in [0.717, 1.165) is 0 Å². The molecule has 0 aliphatic carbocycles. The van der Waals surface area contributed by atoms with Gasteiger partial charge in [0, 0.05) is 10.7 Å². The minimum Gasteiger partial charge on any atom is -0.381 e. The minimum atomic E-state index is -0.438. The Morgan fingerprint density at radius 1 is 1.05 bits per heavy atom. The highest BCUT2D eigenvalue weighted by atomic mass is 35.5. The average Bonchev–Trinajstić information content (AvgIpc) is 2.38. The van der Waals surface area contributed by atoms with E-state index in [-0.39, 0.29) is 5.82 Å². The first-order chi connectivity index (χ1) is 9.61. The van der Waals surface area contributed by atoms with Gasteiger partial charge in [-0.2, -0.15) is 0 Å². The van der Waals surface area contributed by atoms with E-state index in [1.165, 1.54) is 12.1 Å². The number of nitrogens with zero attached hydrogens (tertiary/aromatic N) is 2. The lowest BCUT2D eigenvalue weighted by Gasteiger charge is -2.09. The zero-order valence-corrected chi connectivity index (χ0v) is 11.0. The first-order valence-electron chi connectivity index (χ1n) is 5.87. The number of nitrogens with two attached hydrogens (primary N) is 1. The van der Waals surface area contributed by atoms with Gasteiger partial charge in [0.2, 0.25) is 0 Å². The van der Waals surface area contributed by atoms with Crippen molar-refractivity contribution in [3.05, 3.63) is 53.3 Å². The highest BCUT2D eigenvalue weighted by molar-refractivity contribution is 6.30. The molecule has 0 fully saturated rings. The minimum absolute atomic E-state index is 0.240. The fourth-order valence-corrected chi connectivity index (χ4v) is 2.09. The second-order valence-corrected chi connectivity index (χ2v) is 4.67. The molecule has 1 heterocycles. The summed E-state index contributed by atoms with van der Waals surface area (Å²) in [4.78, 5) is 8.61. The number of rotatable bonds is 2. The summed E-state index contributed by atoms with van der Waals surface area (Å²) in [6.07, 6.45) is 0. The van der Waals surface area contributed by atoms with E-state index in [2.05, 4.69) is 15.3 Å². The van der Waals surface area contributed by atoms with Crippen LogP contribution in [0.1, 0.15) is 0 Å². The molecule has 0 bridgehead atoms. The molecule has 20 heavy (non-hydrogen) atoms. The molecule has 3 aromatic rings. The third kappa shape index (κ3) is 2.48. The summed E-state index contributed by atoms with van der Waals surface area (Å²) in [6.45, 7) is 0. The van der Waals surface area contributed by atoms with Crippen LogP contribution in [0.2, 0.25) is 5.02 Å². The van der Waals surface area contributed by atoms with Crippen LogP contribution in [-0.4, -0.2) is 9.97 Å². The molecule has 100 valence electrons. The maximum atomic E-state index is 13.3. The van der Waals surface area contributed by atoms with Gasteiger partial charge in [0.05, 0.1) is 11.0 Å². The molecular weight excluding hydrogens is 279 g/mol. The van der Waals surface area contributed by atoms with E-state index in [1.54, 1.807) is 6.07 Å². The number of hydrogen-bond acceptors (Lipinski definition) is 4. The molecule has 4 nitrogen and oxygen atoms in total. The Hall–Kier alpha value is -2.40. The van der Waals surface area contributed by atoms with Crippen LogP contribution in [0.25, 0.3) is 11.0 Å². The van der Waals surface area contributed by atoms with Gasteiger partial charge >= 0.3 is 0 Å². The molecule has 0 saturated carbocycles. The second kappa shape index (κ2) is 4.94. The third-order valence-electron chi connectivity index (χ3n) is 2.72. The van der Waals surface area contributed by atoms with Crippen molar-refractivity contribution in [1.29, 1.82) is 0 Å². The molecule has 0 atom stereocenters. The van der Waals surface area contributed by atoms with E-state index in [0.29, 0.717) is 27.6 Å². The Balaban J connectivity index is 2.03. The first-order valence-corrected chi connectivity index (χ1v) is 6.25. The van der Waals surface area contributed by atoms with Gasteiger partial charge in [0.25, 0.3) is 0 Å². The van der Waals surface area contributed by atoms with Crippen molar-refractivity contribution in [1.82, 2.24) is 9.97 Å². The number of para-hydroxylation sites is 2. The summed E-state index contributed by atoms with van der Waals surface area (Å²) in [7, 11) is 0. The van der Waals surface area contributed by atoms with Crippen LogP contribution in [0.3, 0.4) is 0 Å². The number of hydrogen-bond donors (Lipinski definition) is 2. The quantitative estimate of drug-likeness (QED) is 0.754. The lowest BCUT2D eigenvalue weighted by molar-refractivity contribution is 0.628. The van der Waals surface area contributed by atoms with Gasteiger partial charge < -0.3 is 11.1 Å². The Labute approximate surface area is 119 Å². The standard InChI is InChI=1S/C14H10ClFN4/c15-8-5-9(16)7-10(6-8)18-14-13(17)19-11-3-1-2-4-12(11)20-14/h1-7H,(H2,17,19)(H,18,20). The predicted molar refractivity (Wildman–Crippen MR) is 78.6 cm³/mol. The Bertz CT molecular complexity index is 771. The summed E-state index contributed by atoms with van der Waals surface area (Å²) in [5.41, 5.74) is 7.71. The van der Waals surface area contributed by atoms with Gasteiger partial charge in [0.15, 0.2) is 11.6 Å². The maximum Gasteiger partial charge on any atom is 0.174 e. The summed E-state index contributed by atoms with van der Waals surface area (Å²) in [5.74, 6) is 0.168. The molecule has 2 aromatic carbocycles. The van der Waals surface area contributed by atoms with Crippen LogP contribution in [0.5, 0.6) is 0 Å². The zero-order valence-electron chi connectivity index (χ0n) is 10.3. The van der Waals surface area contributed by atoms with Gasteiger partial charge in [-0.3, -0.25) is 0 Å². The van der Waals surface area contributed by atoms with Crippen LogP contribution >= 0.6 is 11.6 Å². The third-order valence-corrected chi connectivity index (χ3v) is 2.94. The lowest BCUT2D eigenvalue weighted by atomic mass is 10.3. The molecule has 0 radical (unpaired) electrons. The Kier molecular flexibility index (Phi) is 3.12. The second-order valence-electron chi connectivity index (χ2n) is 4.23. The van der Waals surface area contributed by atoms with Crippen molar-refractivity contribution >= 4 is 40.0 Å². The van der Waals surface area contributed by atoms with Crippen molar-refractivity contribution in [3.63, 3.8) is 0 Å². The number of nitrogens with one attached hydrogen (secondary N) is 1. The fourth-order valence-electron chi connectivity index (χ4n) is 1.87. The number of nitrogen functional groups attached to an aromatic ring is 1. The summed E-state index contributed by atoms with van der Waals surface area (Å²) in [6, 6.07) is 11.5. The van der Waals surface area contributed by atoms with E-state index >= 15 is 0 Å². The zero-order chi connectivity index (χ0) is 14.1. The number of aromatic nitrogens is 2. The predicted octanol–water partition coefficient (Wildman–Crippen LogP) is 3.75. The van der Waals surface area contributed by atoms with E-state index < -0.39 is 5.82 Å². The normalized spacial score (nSPS) is 10.7. The highest BCUT2D eigenvalue weighted by Gasteiger charge is 2.07. The van der Waals surface area contributed by atoms with Crippen LogP contribution in [0, 0.1) is 5.82 Å². The number of halogens is 2. The molecule has 0 aliphatic rings. The lowest BCUT2D eigenvalue weighted by Crippen LogP contribution is -2.02. The highest BCUT2D eigenvalue weighted by Crippen LogP contribution is 2.25. The maximum absolute atomic E-state index is 13.3. The molecule has 0 aliphatic heterocycles. The van der Waals surface area contributed by atoms with Gasteiger partial charge in [-0.15, -0.1) is 0 Å². The number of benzene rings is 2. The SMILES string of the molecule is Nc1nc2ccccc2nc1Nc1cc(F)cc(Cl)c1.